The van der Waals surface area contributed by atoms with Crippen molar-refractivity contribution in [3.05, 3.63) is 30.1 Å². The summed E-state index contributed by atoms with van der Waals surface area (Å²) in [5, 5.41) is 13.2. The van der Waals surface area contributed by atoms with Gasteiger partial charge in [-0.2, -0.15) is 0 Å². The molecule has 2 unspecified atom stereocenters. The number of β-amino-alcohol motifs (C(OH)–C–C–N with tert-alkyl or cyclic N) is 1. The van der Waals surface area contributed by atoms with Crippen LogP contribution in [0.3, 0.4) is 0 Å². The van der Waals surface area contributed by atoms with Gasteiger partial charge in [0.15, 0.2) is 0 Å². The highest BCUT2D eigenvalue weighted by atomic mass is 19.1. The lowest BCUT2D eigenvalue weighted by molar-refractivity contribution is 0.0184. The van der Waals surface area contributed by atoms with Gasteiger partial charge in [0.1, 0.15) is 24.3 Å². The summed E-state index contributed by atoms with van der Waals surface area (Å²) in [6, 6.07) is 5.76. The van der Waals surface area contributed by atoms with Gasteiger partial charge >= 0.3 is 0 Å². The van der Waals surface area contributed by atoms with Crippen molar-refractivity contribution in [1.82, 2.24) is 5.32 Å². The molecule has 0 aliphatic carbocycles. The summed E-state index contributed by atoms with van der Waals surface area (Å²) in [6.07, 6.45) is 1.46. The molecule has 2 rings (SSSR count). The molecule has 1 aromatic carbocycles. The van der Waals surface area contributed by atoms with E-state index in [9.17, 15) is 9.50 Å². The molecule has 2 N–H and O–H groups in total. The lowest BCUT2D eigenvalue weighted by Gasteiger charge is -2.35. The minimum Gasteiger partial charge on any atom is -0.491 e. The summed E-state index contributed by atoms with van der Waals surface area (Å²) in [5.74, 6) is 0.252. The Bertz CT molecular complexity index is 404. The molecular weight excluding hydrogens is 261 g/mol. The van der Waals surface area contributed by atoms with E-state index in [0.29, 0.717) is 18.9 Å². The van der Waals surface area contributed by atoms with Gasteiger partial charge in [-0.3, -0.25) is 0 Å². The summed E-state index contributed by atoms with van der Waals surface area (Å²) in [6.45, 7) is 4.20. The highest BCUT2D eigenvalue weighted by Crippen LogP contribution is 2.18. The van der Waals surface area contributed by atoms with Crippen LogP contribution < -0.4 is 10.1 Å². The maximum atomic E-state index is 12.7. The Balaban J connectivity index is 1.69. The third-order valence-corrected chi connectivity index (χ3v) is 3.46. The molecule has 0 saturated carbocycles. The Hall–Kier alpha value is -1.17. The van der Waals surface area contributed by atoms with Crippen LogP contribution in [0.1, 0.15) is 19.8 Å². The zero-order valence-electron chi connectivity index (χ0n) is 11.8. The molecule has 1 aliphatic rings. The van der Waals surface area contributed by atoms with Crippen LogP contribution in [0.15, 0.2) is 24.3 Å². The number of halogens is 1. The molecule has 0 amide bonds. The molecule has 0 aromatic heterocycles. The smallest absolute Gasteiger partial charge is 0.123 e. The molecule has 1 fully saturated rings. The van der Waals surface area contributed by atoms with E-state index in [2.05, 4.69) is 12.2 Å². The zero-order valence-corrected chi connectivity index (χ0v) is 11.8. The minimum atomic E-state index is -0.612. The molecule has 1 aromatic rings. The van der Waals surface area contributed by atoms with Crippen molar-refractivity contribution in [2.75, 3.05) is 26.4 Å². The van der Waals surface area contributed by atoms with Crippen molar-refractivity contribution < 1.29 is 19.0 Å². The number of aliphatic hydroxyl groups excluding tert-OH is 1. The summed E-state index contributed by atoms with van der Waals surface area (Å²) in [5.41, 5.74) is -0.0743. The van der Waals surface area contributed by atoms with E-state index in [4.69, 9.17) is 9.47 Å². The second kappa shape index (κ2) is 7.02. The molecule has 0 radical (unpaired) electrons. The Morgan fingerprint density at radius 2 is 2.20 bits per heavy atom. The van der Waals surface area contributed by atoms with Crippen molar-refractivity contribution in [3.63, 3.8) is 0 Å². The maximum Gasteiger partial charge on any atom is 0.123 e. The third kappa shape index (κ3) is 4.74. The fourth-order valence-electron chi connectivity index (χ4n) is 2.22. The first-order valence-electron chi connectivity index (χ1n) is 6.97. The molecule has 5 heteroatoms. The second-order valence-corrected chi connectivity index (χ2v) is 5.52. The van der Waals surface area contributed by atoms with Crippen LogP contribution >= 0.6 is 0 Å². The summed E-state index contributed by atoms with van der Waals surface area (Å²) in [7, 11) is 0. The average molecular weight is 283 g/mol. The Kier molecular flexibility index (Phi) is 5.34. The van der Waals surface area contributed by atoms with Crippen LogP contribution in [-0.4, -0.2) is 43.1 Å². The molecule has 1 saturated heterocycles. The molecule has 1 aliphatic heterocycles. The molecule has 1 heterocycles. The van der Waals surface area contributed by atoms with E-state index < -0.39 is 6.10 Å². The topological polar surface area (TPSA) is 50.7 Å². The fraction of sp³-hybridized carbons (Fsp3) is 0.600. The second-order valence-electron chi connectivity index (χ2n) is 5.52. The Morgan fingerprint density at radius 1 is 1.45 bits per heavy atom. The molecular formula is C15H22FNO3. The summed E-state index contributed by atoms with van der Waals surface area (Å²) < 4.78 is 23.6. The van der Waals surface area contributed by atoms with Gasteiger partial charge in [0.25, 0.3) is 0 Å². The first kappa shape index (κ1) is 15.2. The van der Waals surface area contributed by atoms with Gasteiger partial charge in [0.05, 0.1) is 6.61 Å². The molecule has 4 nitrogen and oxygen atoms in total. The van der Waals surface area contributed by atoms with Gasteiger partial charge < -0.3 is 19.9 Å². The first-order chi connectivity index (χ1) is 9.57. The molecule has 0 bridgehead atoms. The van der Waals surface area contributed by atoms with Crippen molar-refractivity contribution in [3.8, 4) is 5.75 Å². The quantitative estimate of drug-likeness (QED) is 0.835. The van der Waals surface area contributed by atoms with E-state index in [1.54, 1.807) is 12.1 Å². The lowest BCUT2D eigenvalue weighted by atomic mass is 9.95. The average Bonchev–Trinajstić information content (AvgIpc) is 2.45. The Morgan fingerprint density at radius 3 is 2.85 bits per heavy atom. The number of ether oxygens (including phenoxy) is 2. The van der Waals surface area contributed by atoms with Gasteiger partial charge in [-0.05, 0) is 44.0 Å². The number of aliphatic hydroxyl groups is 1. The molecule has 0 spiro atoms. The van der Waals surface area contributed by atoms with Crippen molar-refractivity contribution >= 4 is 0 Å². The standard InChI is InChI=1S/C15H22FNO3/c1-15(7-2-8-19-11-15)17-9-13(18)10-20-14-5-3-12(16)4-6-14/h3-6,13,17-18H,2,7-11H2,1H3. The SMILES string of the molecule is CC1(NCC(O)COc2ccc(F)cc2)CCCOC1. The fourth-order valence-corrected chi connectivity index (χ4v) is 2.22. The lowest BCUT2D eigenvalue weighted by Crippen LogP contribution is -2.51. The van der Waals surface area contributed by atoms with Gasteiger partial charge in [-0.25, -0.2) is 4.39 Å². The van der Waals surface area contributed by atoms with Crippen molar-refractivity contribution in [2.24, 2.45) is 0 Å². The van der Waals surface area contributed by atoms with Crippen LogP contribution in [0.25, 0.3) is 0 Å². The van der Waals surface area contributed by atoms with E-state index in [-0.39, 0.29) is 18.0 Å². The largest absolute Gasteiger partial charge is 0.491 e. The highest BCUT2D eigenvalue weighted by Gasteiger charge is 2.27. The minimum absolute atomic E-state index is 0.0743. The number of benzene rings is 1. The number of rotatable bonds is 6. The van der Waals surface area contributed by atoms with Gasteiger partial charge in [0, 0.05) is 18.7 Å². The Labute approximate surface area is 118 Å². The highest BCUT2D eigenvalue weighted by molar-refractivity contribution is 5.22. The number of nitrogens with one attached hydrogen (secondary N) is 1. The van der Waals surface area contributed by atoms with Gasteiger partial charge in [-0.15, -0.1) is 0 Å². The normalized spacial score (nSPS) is 24.4. The summed E-state index contributed by atoms with van der Waals surface area (Å²) in [4.78, 5) is 0. The summed E-state index contributed by atoms with van der Waals surface area (Å²) >= 11 is 0. The van der Waals surface area contributed by atoms with Crippen molar-refractivity contribution in [2.45, 2.75) is 31.4 Å². The third-order valence-electron chi connectivity index (χ3n) is 3.46. The predicted octanol–water partition coefficient (Wildman–Crippen LogP) is 1.72. The van der Waals surface area contributed by atoms with Crippen LogP contribution in [0.5, 0.6) is 5.75 Å². The van der Waals surface area contributed by atoms with Crippen molar-refractivity contribution in [1.29, 1.82) is 0 Å². The maximum absolute atomic E-state index is 12.7. The molecule has 20 heavy (non-hydrogen) atoms. The zero-order chi connectivity index (χ0) is 14.4. The first-order valence-corrected chi connectivity index (χ1v) is 6.97. The van der Waals surface area contributed by atoms with Crippen LogP contribution in [0.4, 0.5) is 4.39 Å². The van der Waals surface area contributed by atoms with E-state index in [1.807, 2.05) is 0 Å². The number of hydrogen-bond acceptors (Lipinski definition) is 4. The monoisotopic (exact) mass is 283 g/mol. The van der Waals surface area contributed by atoms with Gasteiger partial charge in [0.2, 0.25) is 0 Å². The van der Waals surface area contributed by atoms with E-state index >= 15 is 0 Å². The number of hydrogen-bond donors (Lipinski definition) is 2. The predicted molar refractivity (Wildman–Crippen MR) is 74.4 cm³/mol. The van der Waals surface area contributed by atoms with Gasteiger partial charge in [-0.1, -0.05) is 0 Å². The van der Waals surface area contributed by atoms with Crippen LogP contribution in [0, 0.1) is 5.82 Å². The van der Waals surface area contributed by atoms with E-state index in [1.165, 1.54) is 12.1 Å². The molecule has 2 atom stereocenters. The van der Waals surface area contributed by atoms with Crippen LogP contribution in [-0.2, 0) is 4.74 Å². The van der Waals surface area contributed by atoms with E-state index in [0.717, 1.165) is 19.4 Å². The van der Waals surface area contributed by atoms with Crippen LogP contribution in [0.2, 0.25) is 0 Å². The molecule has 112 valence electrons.